The Morgan fingerprint density at radius 1 is 1.07 bits per heavy atom. The second-order valence-electron chi connectivity index (χ2n) is 7.36. The second kappa shape index (κ2) is 7.16. The normalized spacial score (nSPS) is 15.2. The summed E-state index contributed by atoms with van der Waals surface area (Å²) in [6.45, 7) is 1.43. The quantitative estimate of drug-likeness (QED) is 0.539. The Bertz CT molecular complexity index is 1220. The van der Waals surface area contributed by atoms with Crippen LogP contribution in [0.15, 0.2) is 63.9 Å². The van der Waals surface area contributed by atoms with Gasteiger partial charge in [0.1, 0.15) is 12.1 Å². The molecule has 4 aromatic rings. The van der Waals surface area contributed by atoms with Gasteiger partial charge in [0.05, 0.1) is 11.7 Å². The van der Waals surface area contributed by atoms with Crippen LogP contribution in [-0.4, -0.2) is 38.7 Å². The van der Waals surface area contributed by atoms with Crippen molar-refractivity contribution in [3.8, 4) is 0 Å². The van der Waals surface area contributed by atoms with E-state index < -0.39 is 0 Å². The highest BCUT2D eigenvalue weighted by Gasteiger charge is 2.27. The minimum Gasteiger partial charge on any atom is -0.440 e. The molecule has 1 aliphatic rings. The number of likely N-dealkylation sites (tertiary alicyclic amines) is 1. The van der Waals surface area contributed by atoms with Crippen LogP contribution in [0.25, 0.3) is 22.0 Å². The highest BCUT2D eigenvalue weighted by atomic mass is 16.3. The van der Waals surface area contributed by atoms with E-state index in [1.165, 1.54) is 6.20 Å². The summed E-state index contributed by atoms with van der Waals surface area (Å²) in [5, 5.41) is 4.73. The third-order valence-corrected chi connectivity index (χ3v) is 5.55. The van der Waals surface area contributed by atoms with Gasteiger partial charge in [-0.3, -0.25) is 14.3 Å². The molecule has 1 aliphatic heterocycles. The molecule has 3 heterocycles. The van der Waals surface area contributed by atoms with Crippen molar-refractivity contribution in [2.75, 3.05) is 13.1 Å². The number of rotatable bonds is 3. The molecule has 1 fully saturated rings. The van der Waals surface area contributed by atoms with E-state index in [1.807, 2.05) is 47.4 Å². The van der Waals surface area contributed by atoms with E-state index in [1.54, 1.807) is 10.7 Å². The van der Waals surface area contributed by atoms with Crippen LogP contribution >= 0.6 is 0 Å². The Morgan fingerprint density at radius 2 is 1.83 bits per heavy atom. The molecule has 29 heavy (non-hydrogen) atoms. The van der Waals surface area contributed by atoms with Crippen molar-refractivity contribution in [1.82, 2.24) is 19.7 Å². The highest BCUT2D eigenvalue weighted by Crippen LogP contribution is 2.30. The van der Waals surface area contributed by atoms with Gasteiger partial charge >= 0.3 is 0 Å². The number of benzene rings is 2. The Labute approximate surface area is 166 Å². The lowest BCUT2D eigenvalue weighted by Crippen LogP contribution is -2.40. The van der Waals surface area contributed by atoms with Gasteiger partial charge in [0.2, 0.25) is 11.3 Å². The molecule has 0 radical (unpaired) electrons. The van der Waals surface area contributed by atoms with Crippen molar-refractivity contribution < 1.29 is 9.21 Å². The Hall–Kier alpha value is -3.48. The van der Waals surface area contributed by atoms with Gasteiger partial charge in [0, 0.05) is 24.4 Å². The molecule has 0 saturated carbocycles. The maximum absolute atomic E-state index is 12.8. The van der Waals surface area contributed by atoms with Crippen molar-refractivity contribution in [2.45, 2.75) is 25.3 Å². The fraction of sp³-hybridized carbons (Fsp3) is 0.273. The van der Waals surface area contributed by atoms with E-state index in [9.17, 15) is 9.59 Å². The molecule has 1 amide bonds. The molecule has 7 nitrogen and oxygen atoms in total. The van der Waals surface area contributed by atoms with Crippen molar-refractivity contribution >= 4 is 27.9 Å². The van der Waals surface area contributed by atoms with Crippen LogP contribution in [0, 0.1) is 0 Å². The number of nitrogens with zero attached hydrogens (tertiary/aromatic N) is 4. The summed E-state index contributed by atoms with van der Waals surface area (Å²) in [5.41, 5.74) is 2.22. The SMILES string of the molecule is O=C(Cn1ncc(=O)c2ccccc21)N1CCC(c2nc3ccccc3o2)CC1. The summed E-state index contributed by atoms with van der Waals surface area (Å²) in [4.78, 5) is 31.3. The van der Waals surface area contributed by atoms with Crippen molar-refractivity contribution in [3.05, 3.63) is 70.8 Å². The first kappa shape index (κ1) is 17.6. The first-order valence-electron chi connectivity index (χ1n) is 9.77. The molecule has 0 unspecified atom stereocenters. The number of oxazole rings is 1. The van der Waals surface area contributed by atoms with Gasteiger partial charge in [-0.15, -0.1) is 0 Å². The van der Waals surface area contributed by atoms with E-state index in [2.05, 4.69) is 10.1 Å². The van der Waals surface area contributed by atoms with E-state index in [-0.39, 0.29) is 23.8 Å². The lowest BCUT2D eigenvalue weighted by Gasteiger charge is -2.30. The molecule has 0 atom stereocenters. The summed E-state index contributed by atoms with van der Waals surface area (Å²) < 4.78 is 7.50. The van der Waals surface area contributed by atoms with Gasteiger partial charge in [0.25, 0.3) is 0 Å². The number of hydrogen-bond donors (Lipinski definition) is 0. The molecule has 146 valence electrons. The fourth-order valence-electron chi connectivity index (χ4n) is 3.96. The zero-order chi connectivity index (χ0) is 19.8. The Morgan fingerprint density at radius 3 is 2.66 bits per heavy atom. The minimum atomic E-state index is -0.136. The Balaban J connectivity index is 1.28. The summed E-state index contributed by atoms with van der Waals surface area (Å²) >= 11 is 0. The van der Waals surface area contributed by atoms with Gasteiger partial charge in [-0.05, 0) is 37.1 Å². The van der Waals surface area contributed by atoms with Crippen LogP contribution in [0.3, 0.4) is 0 Å². The van der Waals surface area contributed by atoms with Gasteiger partial charge < -0.3 is 9.32 Å². The van der Waals surface area contributed by atoms with E-state index in [0.29, 0.717) is 24.0 Å². The molecule has 5 rings (SSSR count). The van der Waals surface area contributed by atoms with E-state index in [0.717, 1.165) is 29.8 Å². The monoisotopic (exact) mass is 388 g/mol. The predicted octanol–water partition coefficient (Wildman–Crippen LogP) is 2.94. The zero-order valence-corrected chi connectivity index (χ0v) is 15.8. The fourth-order valence-corrected chi connectivity index (χ4v) is 3.96. The molecular formula is C22H20N4O3. The average molecular weight is 388 g/mol. The Kier molecular flexibility index (Phi) is 4.35. The minimum absolute atomic E-state index is 0.00215. The van der Waals surface area contributed by atoms with Crippen molar-refractivity contribution in [3.63, 3.8) is 0 Å². The number of hydrogen-bond acceptors (Lipinski definition) is 5. The number of amides is 1. The zero-order valence-electron chi connectivity index (χ0n) is 15.8. The first-order valence-corrected chi connectivity index (χ1v) is 9.77. The second-order valence-corrected chi connectivity index (χ2v) is 7.36. The summed E-state index contributed by atoms with van der Waals surface area (Å²) in [5.74, 6) is 0.978. The third kappa shape index (κ3) is 3.29. The summed E-state index contributed by atoms with van der Waals surface area (Å²) in [7, 11) is 0. The van der Waals surface area contributed by atoms with Crippen LogP contribution in [0.2, 0.25) is 0 Å². The highest BCUT2D eigenvalue weighted by molar-refractivity contribution is 5.81. The lowest BCUT2D eigenvalue weighted by atomic mass is 9.97. The van der Waals surface area contributed by atoms with E-state index in [4.69, 9.17) is 4.42 Å². The summed E-state index contributed by atoms with van der Waals surface area (Å²) in [6, 6.07) is 15.0. The standard InChI is InChI=1S/C22H20N4O3/c27-19-13-23-26(18-7-3-1-5-16(18)19)14-21(28)25-11-9-15(10-12-25)22-24-17-6-2-4-8-20(17)29-22/h1-8,13,15H,9-12,14H2. The molecule has 0 bridgehead atoms. The molecule has 0 aliphatic carbocycles. The average Bonchev–Trinajstić information content (AvgIpc) is 3.20. The number of carbonyl (C=O) groups is 1. The molecular weight excluding hydrogens is 368 g/mol. The first-order chi connectivity index (χ1) is 14.2. The van der Waals surface area contributed by atoms with Crippen LogP contribution in [-0.2, 0) is 11.3 Å². The number of piperidine rings is 1. The summed E-state index contributed by atoms with van der Waals surface area (Å²) in [6.07, 6.45) is 2.91. The van der Waals surface area contributed by atoms with Crippen LogP contribution in [0.1, 0.15) is 24.7 Å². The number of aromatic nitrogens is 3. The van der Waals surface area contributed by atoms with Crippen LogP contribution in [0.5, 0.6) is 0 Å². The maximum Gasteiger partial charge on any atom is 0.244 e. The molecule has 1 saturated heterocycles. The lowest BCUT2D eigenvalue weighted by molar-refractivity contribution is -0.133. The largest absolute Gasteiger partial charge is 0.440 e. The van der Waals surface area contributed by atoms with Gasteiger partial charge in [0.15, 0.2) is 11.5 Å². The molecule has 0 N–H and O–H groups in total. The molecule has 2 aromatic heterocycles. The molecule has 2 aromatic carbocycles. The number of para-hydroxylation sites is 3. The number of carbonyl (C=O) groups excluding carboxylic acids is 1. The van der Waals surface area contributed by atoms with Gasteiger partial charge in [-0.2, -0.15) is 5.10 Å². The third-order valence-electron chi connectivity index (χ3n) is 5.55. The van der Waals surface area contributed by atoms with Crippen LogP contribution in [0.4, 0.5) is 0 Å². The molecule has 0 spiro atoms. The van der Waals surface area contributed by atoms with Gasteiger partial charge in [-0.1, -0.05) is 24.3 Å². The van der Waals surface area contributed by atoms with Crippen LogP contribution < -0.4 is 5.43 Å². The van der Waals surface area contributed by atoms with Crippen molar-refractivity contribution in [2.24, 2.45) is 0 Å². The topological polar surface area (TPSA) is 81.2 Å². The van der Waals surface area contributed by atoms with Gasteiger partial charge in [-0.25, -0.2) is 4.98 Å². The predicted molar refractivity (Wildman–Crippen MR) is 109 cm³/mol. The molecule has 7 heteroatoms. The van der Waals surface area contributed by atoms with E-state index >= 15 is 0 Å². The smallest absolute Gasteiger partial charge is 0.244 e. The maximum atomic E-state index is 12.8. The number of fused-ring (bicyclic) bond motifs is 2. The van der Waals surface area contributed by atoms with Crippen molar-refractivity contribution in [1.29, 1.82) is 0 Å².